The summed E-state index contributed by atoms with van der Waals surface area (Å²) >= 11 is 0. The van der Waals surface area contributed by atoms with Gasteiger partial charge in [0.1, 0.15) is 24.7 Å². The molecule has 38 heavy (non-hydrogen) atoms. The van der Waals surface area contributed by atoms with Gasteiger partial charge in [-0.3, -0.25) is 4.98 Å². The molecule has 0 amide bonds. The predicted octanol–water partition coefficient (Wildman–Crippen LogP) is 3.45. The Morgan fingerprint density at radius 2 is 1.29 bits per heavy atom. The number of aromatic nitrogens is 1. The highest BCUT2D eigenvalue weighted by atomic mass is 16.6. The van der Waals surface area contributed by atoms with Crippen LogP contribution in [0.1, 0.15) is 18.2 Å². The van der Waals surface area contributed by atoms with Crippen molar-refractivity contribution in [1.82, 2.24) is 4.98 Å². The lowest BCUT2D eigenvalue weighted by molar-refractivity contribution is 0.0158. The van der Waals surface area contributed by atoms with Gasteiger partial charge in [0.15, 0.2) is 0 Å². The van der Waals surface area contributed by atoms with Crippen molar-refractivity contribution < 1.29 is 37.9 Å². The summed E-state index contributed by atoms with van der Waals surface area (Å²) in [6, 6.07) is 6.12. The lowest BCUT2D eigenvalue weighted by Gasteiger charge is -2.25. The molecule has 1 N–H and O–H groups in total. The van der Waals surface area contributed by atoms with Gasteiger partial charge in [-0.1, -0.05) is 0 Å². The molecular formula is C28H42N2O8. The van der Waals surface area contributed by atoms with Gasteiger partial charge in [0.25, 0.3) is 0 Å². The molecule has 2 heterocycles. The fraction of sp³-hybridized carbons (Fsp3) is 0.607. The maximum absolute atomic E-state index is 6.11. The zero-order valence-corrected chi connectivity index (χ0v) is 23.1. The maximum atomic E-state index is 6.11. The number of anilines is 1. The van der Waals surface area contributed by atoms with Crippen LogP contribution in [0, 0.1) is 6.92 Å². The van der Waals surface area contributed by atoms with Crippen molar-refractivity contribution in [2.45, 2.75) is 19.9 Å². The number of aryl methyl sites for hydroxylation is 1. The smallest absolute Gasteiger partial charge is 0.130 e. The van der Waals surface area contributed by atoms with Gasteiger partial charge in [-0.2, -0.15) is 0 Å². The van der Waals surface area contributed by atoms with Crippen molar-refractivity contribution in [2.24, 2.45) is 0 Å². The third-order valence-electron chi connectivity index (χ3n) is 5.69. The zero-order chi connectivity index (χ0) is 27.0. The van der Waals surface area contributed by atoms with E-state index in [9.17, 15) is 0 Å². The number of hydrogen-bond acceptors (Lipinski definition) is 10. The zero-order valence-electron chi connectivity index (χ0n) is 23.1. The maximum Gasteiger partial charge on any atom is 0.130 e. The second-order valence-electron chi connectivity index (χ2n) is 8.74. The van der Waals surface area contributed by atoms with Crippen LogP contribution in [-0.4, -0.2) is 105 Å². The Hall–Kier alpha value is -2.47. The molecule has 3 rings (SSSR count). The highest BCUT2D eigenvalue weighted by molar-refractivity contribution is 6.00. The molecule has 0 bridgehead atoms. The molecule has 0 saturated heterocycles. The van der Waals surface area contributed by atoms with Crippen molar-refractivity contribution in [3.8, 4) is 5.75 Å². The van der Waals surface area contributed by atoms with Crippen molar-refractivity contribution in [3.05, 3.63) is 35.5 Å². The van der Waals surface area contributed by atoms with Crippen LogP contribution >= 0.6 is 0 Å². The molecule has 0 radical (unpaired) electrons. The summed E-state index contributed by atoms with van der Waals surface area (Å²) in [6.45, 7) is 10.3. The Bertz CT molecular complexity index is 1000. The molecular weight excluding hydrogens is 492 g/mol. The van der Waals surface area contributed by atoms with Gasteiger partial charge in [-0.15, -0.1) is 0 Å². The number of benzene rings is 1. The molecule has 1 aromatic heterocycles. The Kier molecular flexibility index (Phi) is 13.6. The van der Waals surface area contributed by atoms with Gasteiger partial charge in [0.05, 0.1) is 77.3 Å². The number of fused-ring (bicyclic) bond motifs is 3. The van der Waals surface area contributed by atoms with Crippen LogP contribution in [-0.2, 0) is 33.2 Å². The molecule has 2 aromatic rings. The summed E-state index contributed by atoms with van der Waals surface area (Å²) in [7, 11) is 3.31. The van der Waals surface area contributed by atoms with Crippen LogP contribution in [0.5, 0.6) is 5.75 Å². The molecule has 0 fully saturated rings. The molecule has 0 spiro atoms. The van der Waals surface area contributed by atoms with Crippen LogP contribution in [0.2, 0.25) is 0 Å². The van der Waals surface area contributed by atoms with E-state index < -0.39 is 0 Å². The lowest BCUT2D eigenvalue weighted by Crippen LogP contribution is -2.20. The minimum Gasteiger partial charge on any atom is -0.491 e. The van der Waals surface area contributed by atoms with Crippen LogP contribution in [0.4, 0.5) is 5.69 Å². The minimum absolute atomic E-state index is 0.0874. The Morgan fingerprint density at radius 3 is 1.89 bits per heavy atom. The van der Waals surface area contributed by atoms with Gasteiger partial charge >= 0.3 is 0 Å². The van der Waals surface area contributed by atoms with E-state index >= 15 is 0 Å². The summed E-state index contributed by atoms with van der Waals surface area (Å²) < 4.78 is 44.2. The molecule has 10 heteroatoms. The number of nitrogens with one attached hydrogen (secondary N) is 1. The monoisotopic (exact) mass is 534 g/mol. The van der Waals surface area contributed by atoms with E-state index in [4.69, 9.17) is 42.9 Å². The Balaban J connectivity index is 1.54. The molecule has 1 atom stereocenters. The fourth-order valence-electron chi connectivity index (χ4n) is 3.91. The van der Waals surface area contributed by atoms with E-state index in [1.165, 1.54) is 0 Å². The average Bonchev–Trinajstić information content (AvgIpc) is 2.91. The molecule has 1 aliphatic heterocycles. The average molecular weight is 535 g/mol. The number of pyridine rings is 1. The van der Waals surface area contributed by atoms with E-state index in [0.717, 1.165) is 39.4 Å². The second kappa shape index (κ2) is 17.2. The van der Waals surface area contributed by atoms with Gasteiger partial charge in [0.2, 0.25) is 0 Å². The number of hydrogen-bond donors (Lipinski definition) is 1. The van der Waals surface area contributed by atoms with E-state index in [-0.39, 0.29) is 6.04 Å². The second-order valence-corrected chi connectivity index (χ2v) is 8.74. The quantitative estimate of drug-likeness (QED) is 0.254. The number of rotatable bonds is 20. The van der Waals surface area contributed by atoms with Crippen LogP contribution in [0.25, 0.3) is 16.7 Å². The van der Waals surface area contributed by atoms with Crippen LogP contribution in [0.3, 0.4) is 0 Å². The molecule has 0 saturated carbocycles. The molecule has 1 aromatic carbocycles. The van der Waals surface area contributed by atoms with Crippen LogP contribution in [0.15, 0.2) is 24.3 Å². The highest BCUT2D eigenvalue weighted by Gasteiger charge is 2.22. The van der Waals surface area contributed by atoms with Crippen molar-refractivity contribution in [1.29, 1.82) is 0 Å². The summed E-state index contributed by atoms with van der Waals surface area (Å²) in [5.41, 5.74) is 3.65. The Morgan fingerprint density at radius 1 is 0.737 bits per heavy atom. The van der Waals surface area contributed by atoms with Crippen molar-refractivity contribution >= 4 is 22.3 Å². The first-order chi connectivity index (χ1) is 18.6. The Labute approximate surface area is 225 Å². The number of ether oxygens (including phenoxy) is 8. The third kappa shape index (κ3) is 9.68. The molecule has 1 aliphatic rings. The minimum atomic E-state index is 0.0874. The summed E-state index contributed by atoms with van der Waals surface area (Å²) in [4.78, 5) is 4.83. The summed E-state index contributed by atoms with van der Waals surface area (Å²) in [5.74, 6) is 1.60. The number of methoxy groups -OCH3 is 2. The third-order valence-corrected chi connectivity index (χ3v) is 5.69. The number of nitrogens with zero attached hydrogens (tertiary/aromatic N) is 1. The van der Waals surface area contributed by atoms with Gasteiger partial charge in [-0.05, 0) is 32.1 Å². The van der Waals surface area contributed by atoms with Crippen molar-refractivity contribution in [3.63, 3.8) is 0 Å². The van der Waals surface area contributed by atoms with Gasteiger partial charge < -0.3 is 43.2 Å². The lowest BCUT2D eigenvalue weighted by atomic mass is 10.0. The van der Waals surface area contributed by atoms with Crippen molar-refractivity contribution in [2.75, 3.05) is 98.8 Å². The topological polar surface area (TPSA) is 98.8 Å². The molecule has 212 valence electrons. The van der Waals surface area contributed by atoms with E-state index in [1.807, 2.05) is 25.1 Å². The van der Waals surface area contributed by atoms with Gasteiger partial charge in [0, 0.05) is 43.0 Å². The fourth-order valence-corrected chi connectivity index (χ4v) is 3.91. The SMILES string of the molecule is COCCOCCOCCOC1=CC(C)Nc2c1ccc1c(OCCOCCOCCOC)cc(C)nc21. The first kappa shape index (κ1) is 30.1. The van der Waals surface area contributed by atoms with E-state index in [0.29, 0.717) is 79.3 Å². The predicted molar refractivity (Wildman–Crippen MR) is 146 cm³/mol. The highest BCUT2D eigenvalue weighted by Crippen LogP contribution is 2.38. The normalized spacial score (nSPS) is 14.7. The van der Waals surface area contributed by atoms with E-state index in [1.54, 1.807) is 14.2 Å². The molecule has 1 unspecified atom stereocenters. The molecule has 0 aliphatic carbocycles. The largest absolute Gasteiger partial charge is 0.491 e. The first-order valence-corrected chi connectivity index (χ1v) is 13.1. The summed E-state index contributed by atoms with van der Waals surface area (Å²) in [6.07, 6.45) is 2.07. The standard InChI is InChI=1S/C28H42N2O8/c1-21-19-25(37-17-15-35-13-11-33-9-7-31-3)23-5-6-24-26(20-22(2)30-28(24)27(23)29-21)38-18-16-36-14-12-34-10-8-32-4/h5-6,19-21,29H,7-18H2,1-4H3. The summed E-state index contributed by atoms with van der Waals surface area (Å²) in [5, 5.41) is 4.49. The van der Waals surface area contributed by atoms with Gasteiger partial charge in [-0.25, -0.2) is 0 Å². The van der Waals surface area contributed by atoms with Crippen LogP contribution < -0.4 is 10.1 Å². The first-order valence-electron chi connectivity index (χ1n) is 13.1. The molecule has 10 nitrogen and oxygen atoms in total. The van der Waals surface area contributed by atoms with E-state index in [2.05, 4.69) is 18.3 Å².